The largest absolute Gasteiger partial charge is 0.307 e. The molecular weight excluding hydrogens is 244 g/mol. The lowest BCUT2D eigenvalue weighted by Gasteiger charge is -2.27. The van der Waals surface area contributed by atoms with Crippen LogP contribution in [0.2, 0.25) is 0 Å². The molecule has 0 heterocycles. The highest BCUT2D eigenvalue weighted by Gasteiger charge is 2.22. The summed E-state index contributed by atoms with van der Waals surface area (Å²) in [5, 5.41) is 3.49. The van der Waals surface area contributed by atoms with Crippen LogP contribution >= 0.6 is 0 Å². The Hall–Kier alpha value is -0.960. The van der Waals surface area contributed by atoms with E-state index in [1.807, 2.05) is 6.92 Å². The molecule has 1 aromatic rings. The molecule has 1 nitrogen and oxygen atoms in total. The Morgan fingerprint density at radius 3 is 2.68 bits per heavy atom. The second kappa shape index (κ2) is 6.47. The Labute approximate surface area is 114 Å². The summed E-state index contributed by atoms with van der Waals surface area (Å²) >= 11 is 0. The molecule has 3 unspecified atom stereocenters. The predicted molar refractivity (Wildman–Crippen MR) is 73.9 cm³/mol. The number of hydrogen-bond acceptors (Lipinski definition) is 1. The van der Waals surface area contributed by atoms with Gasteiger partial charge in [0, 0.05) is 17.6 Å². The lowest BCUT2D eigenvalue weighted by Crippen LogP contribution is -2.36. The van der Waals surface area contributed by atoms with E-state index in [9.17, 15) is 8.78 Å². The molecule has 0 spiro atoms. The van der Waals surface area contributed by atoms with E-state index < -0.39 is 0 Å². The third-order valence-electron chi connectivity index (χ3n) is 4.25. The van der Waals surface area contributed by atoms with Crippen molar-refractivity contribution < 1.29 is 8.78 Å². The molecule has 1 N–H and O–H groups in total. The van der Waals surface area contributed by atoms with Crippen LogP contribution in [0.5, 0.6) is 0 Å². The van der Waals surface area contributed by atoms with E-state index >= 15 is 0 Å². The van der Waals surface area contributed by atoms with Crippen LogP contribution in [0.15, 0.2) is 18.2 Å². The van der Waals surface area contributed by atoms with E-state index in [0.717, 1.165) is 6.42 Å². The summed E-state index contributed by atoms with van der Waals surface area (Å²) in [7, 11) is 0. The minimum atomic E-state index is -0.376. The summed E-state index contributed by atoms with van der Waals surface area (Å²) in [6.07, 6.45) is 6.13. The first kappa shape index (κ1) is 14.4. The van der Waals surface area contributed by atoms with Gasteiger partial charge in [0.15, 0.2) is 0 Å². The standard InChI is InChI=1S/C16H23F2N/c1-11-6-4-3-5-7-16(11)19-12(2)14-10-13(17)8-9-15(14)18/h8-12,16,19H,3-7H2,1-2H3. The number of halogens is 2. The van der Waals surface area contributed by atoms with Crippen LogP contribution in [-0.2, 0) is 0 Å². The fraction of sp³-hybridized carbons (Fsp3) is 0.625. The van der Waals surface area contributed by atoms with Gasteiger partial charge in [-0.25, -0.2) is 8.78 Å². The van der Waals surface area contributed by atoms with Gasteiger partial charge in [0.1, 0.15) is 11.6 Å². The summed E-state index contributed by atoms with van der Waals surface area (Å²) < 4.78 is 27.0. The minimum absolute atomic E-state index is 0.152. The van der Waals surface area contributed by atoms with E-state index in [4.69, 9.17) is 0 Å². The first-order valence-electron chi connectivity index (χ1n) is 7.29. The van der Waals surface area contributed by atoms with Gasteiger partial charge in [-0.05, 0) is 43.9 Å². The molecule has 0 aliphatic heterocycles. The van der Waals surface area contributed by atoms with Crippen molar-refractivity contribution in [2.24, 2.45) is 5.92 Å². The maximum Gasteiger partial charge on any atom is 0.128 e. The highest BCUT2D eigenvalue weighted by molar-refractivity contribution is 5.22. The molecule has 3 atom stereocenters. The van der Waals surface area contributed by atoms with Gasteiger partial charge in [0.25, 0.3) is 0 Å². The minimum Gasteiger partial charge on any atom is -0.307 e. The van der Waals surface area contributed by atoms with Crippen molar-refractivity contribution in [3.8, 4) is 0 Å². The number of benzene rings is 1. The Bertz CT molecular complexity index is 419. The van der Waals surface area contributed by atoms with Crippen molar-refractivity contribution in [1.82, 2.24) is 5.32 Å². The average molecular weight is 267 g/mol. The molecule has 1 aromatic carbocycles. The zero-order valence-corrected chi connectivity index (χ0v) is 11.8. The fourth-order valence-corrected chi connectivity index (χ4v) is 3.00. The van der Waals surface area contributed by atoms with Gasteiger partial charge in [0.05, 0.1) is 0 Å². The van der Waals surface area contributed by atoms with Crippen LogP contribution in [0.25, 0.3) is 0 Å². The normalized spacial score (nSPS) is 25.9. The summed E-state index contributed by atoms with van der Waals surface area (Å²) in [4.78, 5) is 0. The van der Waals surface area contributed by atoms with E-state index in [-0.39, 0.29) is 17.7 Å². The molecule has 19 heavy (non-hydrogen) atoms. The first-order chi connectivity index (χ1) is 9.08. The van der Waals surface area contributed by atoms with Crippen LogP contribution in [0, 0.1) is 17.6 Å². The van der Waals surface area contributed by atoms with Gasteiger partial charge in [0.2, 0.25) is 0 Å². The number of nitrogens with one attached hydrogen (secondary N) is 1. The van der Waals surface area contributed by atoms with Crippen molar-refractivity contribution in [3.63, 3.8) is 0 Å². The third kappa shape index (κ3) is 3.75. The van der Waals surface area contributed by atoms with Crippen LogP contribution in [0.1, 0.15) is 57.6 Å². The van der Waals surface area contributed by atoms with Crippen molar-refractivity contribution >= 4 is 0 Å². The molecule has 3 heteroatoms. The zero-order chi connectivity index (χ0) is 13.8. The molecule has 2 rings (SSSR count). The highest BCUT2D eigenvalue weighted by Crippen LogP contribution is 2.26. The maximum absolute atomic E-state index is 13.7. The second-order valence-electron chi connectivity index (χ2n) is 5.78. The van der Waals surface area contributed by atoms with Gasteiger partial charge >= 0.3 is 0 Å². The van der Waals surface area contributed by atoms with Crippen LogP contribution in [-0.4, -0.2) is 6.04 Å². The molecule has 0 radical (unpaired) electrons. The molecule has 1 aliphatic rings. The zero-order valence-electron chi connectivity index (χ0n) is 11.8. The fourth-order valence-electron chi connectivity index (χ4n) is 3.00. The molecule has 0 saturated heterocycles. The molecule has 106 valence electrons. The van der Waals surface area contributed by atoms with E-state index in [2.05, 4.69) is 12.2 Å². The van der Waals surface area contributed by atoms with Crippen LogP contribution < -0.4 is 5.32 Å². The smallest absolute Gasteiger partial charge is 0.128 e. The Kier molecular flexibility index (Phi) is 4.92. The predicted octanol–water partition coefficient (Wildman–Crippen LogP) is 4.58. The number of hydrogen-bond donors (Lipinski definition) is 1. The SMILES string of the molecule is CC(NC1CCCCCC1C)c1cc(F)ccc1F. The molecule has 1 saturated carbocycles. The van der Waals surface area contributed by atoms with Gasteiger partial charge in [-0.2, -0.15) is 0 Å². The average Bonchev–Trinajstić information content (AvgIpc) is 2.58. The highest BCUT2D eigenvalue weighted by atomic mass is 19.1. The van der Waals surface area contributed by atoms with Crippen LogP contribution in [0.3, 0.4) is 0 Å². The van der Waals surface area contributed by atoms with Crippen molar-refractivity contribution in [2.75, 3.05) is 0 Å². The second-order valence-corrected chi connectivity index (χ2v) is 5.78. The van der Waals surface area contributed by atoms with E-state index in [0.29, 0.717) is 17.5 Å². The molecule has 1 fully saturated rings. The van der Waals surface area contributed by atoms with Crippen LogP contribution in [0.4, 0.5) is 8.78 Å². The molecule has 0 amide bonds. The van der Waals surface area contributed by atoms with E-state index in [1.54, 1.807) is 0 Å². The number of rotatable bonds is 3. The Morgan fingerprint density at radius 2 is 1.89 bits per heavy atom. The summed E-state index contributed by atoms with van der Waals surface area (Å²) in [6, 6.07) is 3.93. The maximum atomic E-state index is 13.7. The molecule has 1 aliphatic carbocycles. The molecule has 0 aromatic heterocycles. The Morgan fingerprint density at radius 1 is 1.16 bits per heavy atom. The van der Waals surface area contributed by atoms with Gasteiger partial charge in [-0.1, -0.05) is 26.2 Å². The van der Waals surface area contributed by atoms with Gasteiger partial charge in [-0.3, -0.25) is 0 Å². The lowest BCUT2D eigenvalue weighted by atomic mass is 9.95. The van der Waals surface area contributed by atoms with Crippen molar-refractivity contribution in [1.29, 1.82) is 0 Å². The Balaban J connectivity index is 2.06. The van der Waals surface area contributed by atoms with Gasteiger partial charge < -0.3 is 5.32 Å². The quantitative estimate of drug-likeness (QED) is 0.790. The van der Waals surface area contributed by atoms with Crippen molar-refractivity contribution in [2.45, 2.75) is 58.0 Å². The van der Waals surface area contributed by atoms with Gasteiger partial charge in [-0.15, -0.1) is 0 Å². The molecular formula is C16H23F2N. The first-order valence-corrected chi connectivity index (χ1v) is 7.29. The van der Waals surface area contributed by atoms with E-state index in [1.165, 1.54) is 43.9 Å². The summed E-state index contributed by atoms with van der Waals surface area (Å²) in [5.74, 6) is -0.108. The summed E-state index contributed by atoms with van der Waals surface area (Å²) in [5.41, 5.74) is 0.427. The summed E-state index contributed by atoms with van der Waals surface area (Å²) in [6.45, 7) is 4.16. The van der Waals surface area contributed by atoms with Crippen molar-refractivity contribution in [3.05, 3.63) is 35.4 Å². The monoisotopic (exact) mass is 267 g/mol. The lowest BCUT2D eigenvalue weighted by molar-refractivity contribution is 0.326. The molecule has 0 bridgehead atoms. The topological polar surface area (TPSA) is 12.0 Å². The third-order valence-corrected chi connectivity index (χ3v) is 4.25.